The van der Waals surface area contributed by atoms with Gasteiger partial charge in [-0.05, 0) is 37.3 Å². The molecule has 0 bridgehead atoms. The largest absolute Gasteiger partial charge is 0.496 e. The number of thioether (sulfide) groups is 1. The lowest BCUT2D eigenvalue weighted by atomic mass is 10.0. The molecule has 0 unspecified atom stereocenters. The third kappa shape index (κ3) is 4.09. The molecule has 0 spiro atoms. The second-order valence-electron chi connectivity index (χ2n) is 6.65. The van der Waals surface area contributed by atoms with Crippen LogP contribution in [0, 0.1) is 0 Å². The maximum absolute atomic E-state index is 13.5. The van der Waals surface area contributed by atoms with Gasteiger partial charge in [0.1, 0.15) is 17.3 Å². The van der Waals surface area contributed by atoms with Crippen LogP contribution in [0.3, 0.4) is 0 Å². The Morgan fingerprint density at radius 2 is 1.84 bits per heavy atom. The van der Waals surface area contributed by atoms with Crippen LogP contribution in [0.5, 0.6) is 11.5 Å². The van der Waals surface area contributed by atoms with Gasteiger partial charge in [0.05, 0.1) is 41.9 Å². The number of carbonyl (C=O) groups is 2. The van der Waals surface area contributed by atoms with Gasteiger partial charge in [0.2, 0.25) is 0 Å². The number of para-hydroxylation sites is 1. The van der Waals surface area contributed by atoms with Crippen LogP contribution in [0.15, 0.2) is 76.2 Å². The minimum absolute atomic E-state index is 0.320. The highest BCUT2D eigenvalue weighted by Gasteiger charge is 2.41. The van der Waals surface area contributed by atoms with Gasteiger partial charge in [0.25, 0.3) is 11.8 Å². The first-order valence-corrected chi connectivity index (χ1v) is 10.8. The van der Waals surface area contributed by atoms with Gasteiger partial charge in [0.15, 0.2) is 0 Å². The molecule has 0 N–H and O–H groups in total. The van der Waals surface area contributed by atoms with Gasteiger partial charge in [-0.2, -0.15) is 0 Å². The molecule has 0 fully saturated rings. The van der Waals surface area contributed by atoms with Crippen molar-refractivity contribution in [3.05, 3.63) is 83.2 Å². The third-order valence-electron chi connectivity index (χ3n) is 4.74. The fourth-order valence-corrected chi connectivity index (χ4v) is 4.39. The lowest BCUT2D eigenvalue weighted by Gasteiger charge is -2.16. The third-order valence-corrected chi connectivity index (χ3v) is 5.84. The molecule has 4 rings (SSSR count). The number of nitrogens with zero attached hydrogens (tertiary/aromatic N) is 1. The summed E-state index contributed by atoms with van der Waals surface area (Å²) in [6, 6.07) is 17.8. The highest BCUT2D eigenvalue weighted by Crippen LogP contribution is 2.42. The van der Waals surface area contributed by atoms with Crippen molar-refractivity contribution in [3.63, 3.8) is 0 Å². The monoisotopic (exact) mass is 435 g/mol. The van der Waals surface area contributed by atoms with Gasteiger partial charge in [-0.1, -0.05) is 24.3 Å². The van der Waals surface area contributed by atoms with Gasteiger partial charge in [-0.3, -0.25) is 9.59 Å². The summed E-state index contributed by atoms with van der Waals surface area (Å²) in [4.78, 5) is 28.5. The summed E-state index contributed by atoms with van der Waals surface area (Å²) < 4.78 is 16.4. The Bertz CT molecular complexity index is 1140. The second kappa shape index (κ2) is 9.14. The standard InChI is InChI=1S/C24H21NO5S/c1-3-29-17-9-6-8-16(14-17)25-23(26)21(19-11-4-5-12-20(19)28-2)22(24(25)27)31-15-18-10-7-13-30-18/h4-14H,3,15H2,1-2H3. The summed E-state index contributed by atoms with van der Waals surface area (Å²) in [7, 11) is 1.54. The lowest BCUT2D eigenvalue weighted by molar-refractivity contribution is -0.119. The van der Waals surface area contributed by atoms with E-state index < -0.39 is 5.91 Å². The summed E-state index contributed by atoms with van der Waals surface area (Å²) >= 11 is 1.28. The molecular formula is C24H21NO5S. The number of amides is 2. The summed E-state index contributed by atoms with van der Waals surface area (Å²) in [5.41, 5.74) is 1.36. The summed E-state index contributed by atoms with van der Waals surface area (Å²) in [6.45, 7) is 2.36. The Hall–Kier alpha value is -3.45. The Labute approximate surface area is 184 Å². The number of furan rings is 1. The van der Waals surface area contributed by atoms with E-state index in [0.717, 1.165) is 0 Å². The van der Waals surface area contributed by atoms with E-state index in [2.05, 4.69) is 0 Å². The second-order valence-corrected chi connectivity index (χ2v) is 7.63. The predicted octanol–water partition coefficient (Wildman–Crippen LogP) is 4.90. The maximum Gasteiger partial charge on any atom is 0.272 e. The number of rotatable bonds is 8. The Balaban J connectivity index is 1.77. The zero-order valence-corrected chi connectivity index (χ0v) is 18.0. The summed E-state index contributed by atoms with van der Waals surface area (Å²) in [5, 5.41) is 0. The number of hydrogen-bond donors (Lipinski definition) is 0. The van der Waals surface area contributed by atoms with Gasteiger partial charge in [0, 0.05) is 11.6 Å². The summed E-state index contributed by atoms with van der Waals surface area (Å²) in [5.74, 6) is 1.48. The van der Waals surface area contributed by atoms with Crippen LogP contribution in [0.25, 0.3) is 5.57 Å². The van der Waals surface area contributed by atoms with Crippen molar-refractivity contribution in [2.24, 2.45) is 0 Å². The molecule has 0 atom stereocenters. The smallest absolute Gasteiger partial charge is 0.272 e. The SMILES string of the molecule is CCOc1cccc(N2C(=O)C(SCc3ccco3)=C(c3ccccc3OC)C2=O)c1. The van der Waals surface area contributed by atoms with Crippen molar-refractivity contribution in [3.8, 4) is 11.5 Å². The molecule has 0 saturated carbocycles. The minimum Gasteiger partial charge on any atom is -0.496 e. The zero-order chi connectivity index (χ0) is 21.8. The van der Waals surface area contributed by atoms with E-state index in [9.17, 15) is 9.59 Å². The Morgan fingerprint density at radius 1 is 1.00 bits per heavy atom. The van der Waals surface area contributed by atoms with Gasteiger partial charge < -0.3 is 13.9 Å². The van der Waals surface area contributed by atoms with Crippen LogP contribution in [0.4, 0.5) is 5.69 Å². The van der Waals surface area contributed by atoms with Gasteiger partial charge in [-0.25, -0.2) is 4.90 Å². The molecule has 3 aromatic rings. The molecule has 0 saturated heterocycles. The van der Waals surface area contributed by atoms with E-state index in [1.54, 1.807) is 55.8 Å². The predicted molar refractivity (Wildman–Crippen MR) is 120 cm³/mol. The van der Waals surface area contributed by atoms with Crippen LogP contribution >= 0.6 is 11.8 Å². The molecular weight excluding hydrogens is 414 g/mol. The lowest BCUT2D eigenvalue weighted by Crippen LogP contribution is -2.31. The van der Waals surface area contributed by atoms with Crippen molar-refractivity contribution in [2.75, 3.05) is 18.6 Å². The maximum atomic E-state index is 13.5. The number of ether oxygens (including phenoxy) is 2. The topological polar surface area (TPSA) is 69.0 Å². The molecule has 1 aromatic heterocycles. The van der Waals surface area contributed by atoms with E-state index in [-0.39, 0.29) is 5.91 Å². The fraction of sp³-hybridized carbons (Fsp3) is 0.167. The molecule has 1 aliphatic heterocycles. The van der Waals surface area contributed by atoms with Gasteiger partial charge in [-0.15, -0.1) is 11.8 Å². The molecule has 2 aromatic carbocycles. The molecule has 0 radical (unpaired) electrons. The van der Waals surface area contributed by atoms with Crippen molar-refractivity contribution >= 4 is 34.8 Å². The van der Waals surface area contributed by atoms with E-state index in [1.807, 2.05) is 25.1 Å². The zero-order valence-electron chi connectivity index (χ0n) is 17.2. The quantitative estimate of drug-likeness (QED) is 0.469. The minimum atomic E-state index is -0.398. The van der Waals surface area contributed by atoms with E-state index in [0.29, 0.717) is 51.3 Å². The molecule has 31 heavy (non-hydrogen) atoms. The highest BCUT2D eigenvalue weighted by molar-refractivity contribution is 8.03. The fourth-order valence-electron chi connectivity index (χ4n) is 3.38. The van der Waals surface area contributed by atoms with Crippen LogP contribution < -0.4 is 14.4 Å². The number of benzene rings is 2. The normalized spacial score (nSPS) is 13.8. The molecule has 7 heteroatoms. The van der Waals surface area contributed by atoms with Crippen LogP contribution in [0.1, 0.15) is 18.2 Å². The van der Waals surface area contributed by atoms with Crippen LogP contribution in [0.2, 0.25) is 0 Å². The van der Waals surface area contributed by atoms with Crippen LogP contribution in [-0.4, -0.2) is 25.5 Å². The van der Waals surface area contributed by atoms with E-state index >= 15 is 0 Å². The first kappa shape index (κ1) is 20.8. The average Bonchev–Trinajstić information content (AvgIpc) is 3.38. The molecule has 2 heterocycles. The first-order chi connectivity index (χ1) is 15.1. The number of methoxy groups -OCH3 is 1. The average molecular weight is 436 g/mol. The number of anilines is 1. The van der Waals surface area contributed by atoms with Crippen molar-refractivity contribution in [1.82, 2.24) is 0 Å². The van der Waals surface area contributed by atoms with Crippen molar-refractivity contribution in [2.45, 2.75) is 12.7 Å². The molecule has 158 valence electrons. The first-order valence-electron chi connectivity index (χ1n) is 9.78. The molecule has 2 amide bonds. The number of imide groups is 1. The highest BCUT2D eigenvalue weighted by atomic mass is 32.2. The molecule has 0 aliphatic carbocycles. The molecule has 1 aliphatic rings. The van der Waals surface area contributed by atoms with Gasteiger partial charge >= 0.3 is 0 Å². The number of hydrogen-bond acceptors (Lipinski definition) is 6. The Morgan fingerprint density at radius 3 is 2.58 bits per heavy atom. The van der Waals surface area contributed by atoms with Crippen molar-refractivity contribution < 1.29 is 23.5 Å². The number of carbonyl (C=O) groups excluding carboxylic acids is 2. The summed E-state index contributed by atoms with van der Waals surface area (Å²) in [6.07, 6.45) is 1.58. The molecule has 6 nitrogen and oxygen atoms in total. The van der Waals surface area contributed by atoms with Crippen molar-refractivity contribution in [1.29, 1.82) is 0 Å². The Kier molecular flexibility index (Phi) is 6.13. The van der Waals surface area contributed by atoms with E-state index in [4.69, 9.17) is 13.9 Å². The van der Waals surface area contributed by atoms with E-state index in [1.165, 1.54) is 16.7 Å². The van der Waals surface area contributed by atoms with Crippen LogP contribution in [-0.2, 0) is 15.3 Å².